The topological polar surface area (TPSA) is 20.3 Å². The fourth-order valence-corrected chi connectivity index (χ4v) is 2.85. The molecule has 0 saturated carbocycles. The van der Waals surface area contributed by atoms with Crippen molar-refractivity contribution < 1.29 is 4.79 Å². The van der Waals surface area contributed by atoms with Crippen LogP contribution >= 0.6 is 11.6 Å². The van der Waals surface area contributed by atoms with Gasteiger partial charge in [-0.2, -0.15) is 0 Å². The maximum absolute atomic E-state index is 12.1. The van der Waals surface area contributed by atoms with E-state index < -0.39 is 0 Å². The van der Waals surface area contributed by atoms with Gasteiger partial charge in [0.2, 0.25) is 0 Å². The van der Waals surface area contributed by atoms with E-state index in [1.165, 1.54) is 19.3 Å². The summed E-state index contributed by atoms with van der Waals surface area (Å²) >= 11 is 5.83. The molecule has 0 bridgehead atoms. The number of halogens is 1. The van der Waals surface area contributed by atoms with Crippen molar-refractivity contribution in [2.75, 3.05) is 19.6 Å². The van der Waals surface area contributed by atoms with Crippen LogP contribution < -0.4 is 0 Å². The Morgan fingerprint density at radius 1 is 1.37 bits per heavy atom. The van der Waals surface area contributed by atoms with Crippen LogP contribution in [0, 0.1) is 5.92 Å². The van der Waals surface area contributed by atoms with E-state index in [-0.39, 0.29) is 5.78 Å². The molecule has 0 amide bonds. The molecular formula is C16H22ClNO. The van der Waals surface area contributed by atoms with Gasteiger partial charge in [-0.25, -0.2) is 0 Å². The summed E-state index contributed by atoms with van der Waals surface area (Å²) in [5, 5.41) is 0.679. The molecule has 1 saturated heterocycles. The third-order valence-electron chi connectivity index (χ3n) is 4.00. The number of ketones is 1. The molecule has 0 aliphatic carbocycles. The number of Topliss-reactive ketones (excluding diaryl/α,β-unsaturated/α-hetero) is 1. The summed E-state index contributed by atoms with van der Waals surface area (Å²) in [6, 6.07) is 7.19. The van der Waals surface area contributed by atoms with Crippen LogP contribution in [0.5, 0.6) is 0 Å². The molecule has 0 aromatic heterocycles. The molecule has 1 aliphatic heterocycles. The molecule has 1 atom stereocenters. The largest absolute Gasteiger partial charge is 0.303 e. The minimum absolute atomic E-state index is 0.218. The van der Waals surface area contributed by atoms with Gasteiger partial charge in [-0.3, -0.25) is 4.79 Å². The molecule has 1 heterocycles. The van der Waals surface area contributed by atoms with E-state index in [2.05, 4.69) is 11.8 Å². The molecule has 2 rings (SSSR count). The highest BCUT2D eigenvalue weighted by molar-refractivity contribution is 6.30. The van der Waals surface area contributed by atoms with Crippen LogP contribution in [0.2, 0.25) is 5.02 Å². The van der Waals surface area contributed by atoms with E-state index in [1.807, 2.05) is 12.1 Å². The van der Waals surface area contributed by atoms with Crippen LogP contribution in [0.1, 0.15) is 43.0 Å². The first kappa shape index (κ1) is 14.5. The average molecular weight is 280 g/mol. The predicted molar refractivity (Wildman–Crippen MR) is 79.9 cm³/mol. The molecular weight excluding hydrogens is 258 g/mol. The van der Waals surface area contributed by atoms with Crippen molar-refractivity contribution >= 4 is 17.4 Å². The summed E-state index contributed by atoms with van der Waals surface area (Å²) in [6.45, 7) is 5.44. The van der Waals surface area contributed by atoms with Crippen molar-refractivity contribution in [2.24, 2.45) is 5.92 Å². The van der Waals surface area contributed by atoms with E-state index in [0.29, 0.717) is 11.4 Å². The van der Waals surface area contributed by atoms with Crippen molar-refractivity contribution in [2.45, 2.75) is 32.6 Å². The van der Waals surface area contributed by atoms with Crippen molar-refractivity contribution in [3.05, 3.63) is 34.9 Å². The van der Waals surface area contributed by atoms with Gasteiger partial charge in [0.25, 0.3) is 0 Å². The van der Waals surface area contributed by atoms with Crippen LogP contribution in [-0.2, 0) is 0 Å². The summed E-state index contributed by atoms with van der Waals surface area (Å²) in [5.74, 6) is 1.04. The normalized spacial score (nSPS) is 20.4. The number of benzene rings is 1. The Morgan fingerprint density at radius 3 is 2.79 bits per heavy atom. The first-order valence-electron chi connectivity index (χ1n) is 7.20. The number of piperidine rings is 1. The maximum atomic E-state index is 12.1. The van der Waals surface area contributed by atoms with Gasteiger partial charge in [0, 0.05) is 30.1 Å². The molecule has 1 aromatic carbocycles. The Hall–Kier alpha value is -0.860. The van der Waals surface area contributed by atoms with Crippen molar-refractivity contribution in [1.82, 2.24) is 4.90 Å². The van der Waals surface area contributed by atoms with Gasteiger partial charge in [0.15, 0.2) is 5.78 Å². The quantitative estimate of drug-likeness (QED) is 0.759. The third kappa shape index (κ3) is 4.32. The summed E-state index contributed by atoms with van der Waals surface area (Å²) in [7, 11) is 0. The Morgan fingerprint density at radius 2 is 2.11 bits per heavy atom. The van der Waals surface area contributed by atoms with E-state index in [4.69, 9.17) is 11.6 Å². The zero-order valence-corrected chi connectivity index (χ0v) is 12.3. The SMILES string of the molecule is CCC1CCCN(CCC(=O)c2ccc(Cl)cc2)C1. The maximum Gasteiger partial charge on any atom is 0.164 e. The lowest BCUT2D eigenvalue weighted by Gasteiger charge is -2.32. The van der Waals surface area contributed by atoms with Gasteiger partial charge in [0.1, 0.15) is 0 Å². The van der Waals surface area contributed by atoms with Gasteiger partial charge in [-0.05, 0) is 49.6 Å². The van der Waals surface area contributed by atoms with Gasteiger partial charge in [0.05, 0.1) is 0 Å². The Balaban J connectivity index is 1.81. The van der Waals surface area contributed by atoms with Crippen LogP contribution in [0.25, 0.3) is 0 Å². The molecule has 104 valence electrons. The second-order valence-electron chi connectivity index (χ2n) is 5.40. The number of rotatable bonds is 5. The second kappa shape index (κ2) is 7.06. The third-order valence-corrected chi connectivity index (χ3v) is 4.25. The van der Waals surface area contributed by atoms with E-state index in [1.54, 1.807) is 12.1 Å². The fourth-order valence-electron chi connectivity index (χ4n) is 2.73. The molecule has 19 heavy (non-hydrogen) atoms. The number of nitrogens with zero attached hydrogens (tertiary/aromatic N) is 1. The average Bonchev–Trinajstić information content (AvgIpc) is 2.46. The lowest BCUT2D eigenvalue weighted by Crippen LogP contribution is -2.36. The molecule has 1 aromatic rings. The summed E-state index contributed by atoms with van der Waals surface area (Å²) < 4.78 is 0. The Bertz CT molecular complexity index is 415. The Kier molecular flexibility index (Phi) is 5.41. The zero-order valence-electron chi connectivity index (χ0n) is 11.6. The summed E-state index contributed by atoms with van der Waals surface area (Å²) in [6.07, 6.45) is 4.48. The number of hydrogen-bond acceptors (Lipinski definition) is 2. The predicted octanol–water partition coefficient (Wildman–Crippen LogP) is 4.03. The molecule has 1 aliphatic rings. The van der Waals surface area contributed by atoms with E-state index in [0.717, 1.165) is 31.1 Å². The number of hydrogen-bond donors (Lipinski definition) is 0. The van der Waals surface area contributed by atoms with Gasteiger partial charge in [-0.1, -0.05) is 24.9 Å². The van der Waals surface area contributed by atoms with Crippen molar-refractivity contribution in [3.63, 3.8) is 0 Å². The highest BCUT2D eigenvalue weighted by Gasteiger charge is 2.18. The first-order valence-corrected chi connectivity index (χ1v) is 7.58. The van der Waals surface area contributed by atoms with Gasteiger partial charge >= 0.3 is 0 Å². The van der Waals surface area contributed by atoms with Crippen molar-refractivity contribution in [3.8, 4) is 0 Å². The molecule has 3 heteroatoms. The van der Waals surface area contributed by atoms with Crippen LogP contribution in [-0.4, -0.2) is 30.3 Å². The van der Waals surface area contributed by atoms with Gasteiger partial charge in [-0.15, -0.1) is 0 Å². The molecule has 0 radical (unpaired) electrons. The monoisotopic (exact) mass is 279 g/mol. The molecule has 0 N–H and O–H groups in total. The number of likely N-dealkylation sites (tertiary alicyclic amines) is 1. The lowest BCUT2D eigenvalue weighted by molar-refractivity contribution is 0.0945. The smallest absolute Gasteiger partial charge is 0.164 e. The zero-order chi connectivity index (χ0) is 13.7. The second-order valence-corrected chi connectivity index (χ2v) is 5.83. The van der Waals surface area contributed by atoms with Crippen molar-refractivity contribution in [1.29, 1.82) is 0 Å². The Labute approximate surface area is 120 Å². The molecule has 0 spiro atoms. The van der Waals surface area contributed by atoms with Crippen LogP contribution in [0.15, 0.2) is 24.3 Å². The molecule has 2 nitrogen and oxygen atoms in total. The molecule has 1 unspecified atom stereocenters. The van der Waals surface area contributed by atoms with Gasteiger partial charge < -0.3 is 4.90 Å². The van der Waals surface area contributed by atoms with Crippen LogP contribution in [0.3, 0.4) is 0 Å². The lowest BCUT2D eigenvalue weighted by atomic mass is 9.95. The highest BCUT2D eigenvalue weighted by Crippen LogP contribution is 2.19. The van der Waals surface area contributed by atoms with Crippen LogP contribution in [0.4, 0.5) is 0 Å². The highest BCUT2D eigenvalue weighted by atomic mass is 35.5. The summed E-state index contributed by atoms with van der Waals surface area (Å²) in [5.41, 5.74) is 0.772. The standard InChI is InChI=1S/C16H22ClNO/c1-2-13-4-3-10-18(12-13)11-9-16(19)14-5-7-15(17)8-6-14/h5-8,13H,2-4,9-12H2,1H3. The fraction of sp³-hybridized carbons (Fsp3) is 0.562. The minimum atomic E-state index is 0.218. The first-order chi connectivity index (χ1) is 9.19. The van der Waals surface area contributed by atoms with E-state index >= 15 is 0 Å². The number of carbonyl (C=O) groups is 1. The summed E-state index contributed by atoms with van der Waals surface area (Å²) in [4.78, 5) is 14.5. The minimum Gasteiger partial charge on any atom is -0.303 e. The van der Waals surface area contributed by atoms with E-state index in [9.17, 15) is 4.79 Å². The molecule has 1 fully saturated rings. The number of carbonyl (C=O) groups excluding carboxylic acids is 1.